The molecular formula is C20H22N2O3. The Bertz CT molecular complexity index is 776. The first-order chi connectivity index (χ1) is 12.1. The highest BCUT2D eigenvalue weighted by Gasteiger charge is 2.36. The summed E-state index contributed by atoms with van der Waals surface area (Å²) >= 11 is 0. The first-order valence-corrected chi connectivity index (χ1v) is 8.87. The average Bonchev–Trinajstić information content (AvgIpc) is 3.27. The monoisotopic (exact) mass is 338 g/mol. The van der Waals surface area contributed by atoms with Crippen LogP contribution in [0.2, 0.25) is 0 Å². The van der Waals surface area contributed by atoms with Gasteiger partial charge in [-0.25, -0.2) is 0 Å². The van der Waals surface area contributed by atoms with Gasteiger partial charge in [-0.15, -0.1) is 0 Å². The first-order valence-electron chi connectivity index (χ1n) is 8.87. The van der Waals surface area contributed by atoms with Crippen LogP contribution in [0.25, 0.3) is 0 Å². The van der Waals surface area contributed by atoms with Crippen LogP contribution in [0.3, 0.4) is 0 Å². The zero-order valence-electron chi connectivity index (χ0n) is 14.4. The van der Waals surface area contributed by atoms with E-state index in [1.807, 2.05) is 28.0 Å². The fraction of sp³-hybridized carbons (Fsp3) is 0.400. The number of nitrogens with zero attached hydrogens (tertiary/aromatic N) is 2. The van der Waals surface area contributed by atoms with E-state index in [1.54, 1.807) is 6.07 Å². The van der Waals surface area contributed by atoms with Gasteiger partial charge in [0.1, 0.15) is 6.26 Å². The van der Waals surface area contributed by atoms with Gasteiger partial charge in [-0.05, 0) is 43.9 Å². The molecule has 0 bridgehead atoms. The normalized spacial score (nSPS) is 20.6. The second-order valence-electron chi connectivity index (χ2n) is 6.97. The number of carbonyl (C=O) groups excluding carboxylic acids is 2. The maximum absolute atomic E-state index is 13.1. The van der Waals surface area contributed by atoms with Crippen molar-refractivity contribution in [1.29, 1.82) is 0 Å². The Balaban J connectivity index is 1.43. The maximum Gasteiger partial charge on any atom is 0.257 e. The molecule has 0 saturated carbocycles. The van der Waals surface area contributed by atoms with E-state index >= 15 is 0 Å². The summed E-state index contributed by atoms with van der Waals surface area (Å²) in [4.78, 5) is 29.2. The molecule has 1 fully saturated rings. The lowest BCUT2D eigenvalue weighted by atomic mass is 9.94. The Kier molecular flexibility index (Phi) is 4.07. The minimum absolute atomic E-state index is 0.0120. The summed E-state index contributed by atoms with van der Waals surface area (Å²) < 4.78 is 4.99. The molecule has 2 amide bonds. The summed E-state index contributed by atoms with van der Waals surface area (Å²) in [6.07, 6.45) is 5.33. The van der Waals surface area contributed by atoms with E-state index in [2.05, 4.69) is 13.0 Å². The second-order valence-corrected chi connectivity index (χ2v) is 6.97. The standard InChI is InChI=1S/C20H22N2O3/c1-14-12-16-4-2-3-5-18(16)22(14)20(24)15-6-9-21(10-7-15)19(23)17-8-11-25-13-17/h2-5,8,11,13-15H,6-7,9-10,12H2,1H3. The quantitative estimate of drug-likeness (QED) is 0.845. The number of rotatable bonds is 2. The average molecular weight is 338 g/mol. The number of hydrogen-bond acceptors (Lipinski definition) is 3. The number of carbonyl (C=O) groups is 2. The van der Waals surface area contributed by atoms with Gasteiger partial charge in [0.2, 0.25) is 5.91 Å². The molecule has 1 saturated heterocycles. The number of anilines is 1. The van der Waals surface area contributed by atoms with E-state index in [-0.39, 0.29) is 23.8 Å². The summed E-state index contributed by atoms with van der Waals surface area (Å²) in [6, 6.07) is 10.0. The molecule has 2 aromatic rings. The molecular weight excluding hydrogens is 316 g/mol. The lowest BCUT2D eigenvalue weighted by Crippen LogP contribution is -2.46. The van der Waals surface area contributed by atoms with Gasteiger partial charge in [0, 0.05) is 30.7 Å². The van der Waals surface area contributed by atoms with Crippen molar-refractivity contribution in [2.45, 2.75) is 32.2 Å². The lowest BCUT2D eigenvalue weighted by molar-refractivity contribution is -0.124. The van der Waals surface area contributed by atoms with Crippen molar-refractivity contribution >= 4 is 17.5 Å². The van der Waals surface area contributed by atoms with Gasteiger partial charge in [-0.3, -0.25) is 9.59 Å². The zero-order valence-corrected chi connectivity index (χ0v) is 14.4. The number of amides is 2. The molecule has 4 rings (SSSR count). The SMILES string of the molecule is CC1Cc2ccccc2N1C(=O)C1CCN(C(=O)c2ccoc2)CC1. The smallest absolute Gasteiger partial charge is 0.257 e. The van der Waals surface area contributed by atoms with Crippen LogP contribution in [-0.4, -0.2) is 35.8 Å². The van der Waals surface area contributed by atoms with Crippen LogP contribution in [0.5, 0.6) is 0 Å². The molecule has 25 heavy (non-hydrogen) atoms. The summed E-state index contributed by atoms with van der Waals surface area (Å²) in [6.45, 7) is 3.34. The van der Waals surface area contributed by atoms with Gasteiger partial charge < -0.3 is 14.2 Å². The van der Waals surface area contributed by atoms with Gasteiger partial charge in [-0.1, -0.05) is 18.2 Å². The fourth-order valence-electron chi connectivity index (χ4n) is 4.00. The van der Waals surface area contributed by atoms with Crippen LogP contribution in [0.15, 0.2) is 47.3 Å². The first kappa shape index (κ1) is 15.9. The number of piperidine rings is 1. The molecule has 0 N–H and O–H groups in total. The number of likely N-dealkylation sites (tertiary alicyclic amines) is 1. The third-order valence-electron chi connectivity index (χ3n) is 5.34. The van der Waals surface area contributed by atoms with Crippen LogP contribution in [0.1, 0.15) is 35.7 Å². The molecule has 0 spiro atoms. The molecule has 1 unspecified atom stereocenters. The Morgan fingerprint density at radius 3 is 2.60 bits per heavy atom. The van der Waals surface area contributed by atoms with Crippen LogP contribution in [0, 0.1) is 5.92 Å². The predicted octanol–water partition coefficient (Wildman–Crippen LogP) is 3.11. The van der Waals surface area contributed by atoms with Crippen LogP contribution >= 0.6 is 0 Å². The Labute approximate surface area is 147 Å². The van der Waals surface area contributed by atoms with Crippen LogP contribution in [-0.2, 0) is 11.2 Å². The van der Waals surface area contributed by atoms with E-state index < -0.39 is 0 Å². The van der Waals surface area contributed by atoms with E-state index in [0.29, 0.717) is 31.5 Å². The molecule has 0 radical (unpaired) electrons. The van der Waals surface area contributed by atoms with E-state index in [1.165, 1.54) is 18.1 Å². The summed E-state index contributed by atoms with van der Waals surface area (Å²) in [5, 5.41) is 0. The van der Waals surface area contributed by atoms with Crippen molar-refractivity contribution in [3.63, 3.8) is 0 Å². The maximum atomic E-state index is 13.1. The highest BCUT2D eigenvalue weighted by Crippen LogP contribution is 2.34. The van der Waals surface area contributed by atoms with Crippen molar-refractivity contribution in [3.05, 3.63) is 54.0 Å². The molecule has 2 aliphatic heterocycles. The highest BCUT2D eigenvalue weighted by molar-refractivity contribution is 5.98. The number of fused-ring (bicyclic) bond motifs is 1. The summed E-state index contributed by atoms with van der Waals surface area (Å²) in [5.74, 6) is 0.175. The largest absolute Gasteiger partial charge is 0.472 e. The van der Waals surface area contributed by atoms with Crippen molar-refractivity contribution in [1.82, 2.24) is 4.90 Å². The molecule has 0 aliphatic carbocycles. The molecule has 5 heteroatoms. The van der Waals surface area contributed by atoms with E-state index in [9.17, 15) is 9.59 Å². The number of furan rings is 1. The minimum atomic E-state index is -0.0143. The van der Waals surface area contributed by atoms with Crippen LogP contribution < -0.4 is 4.90 Å². The van der Waals surface area contributed by atoms with Crippen LogP contribution in [0.4, 0.5) is 5.69 Å². The molecule has 5 nitrogen and oxygen atoms in total. The Morgan fingerprint density at radius 2 is 1.88 bits per heavy atom. The molecule has 1 aromatic carbocycles. The lowest BCUT2D eigenvalue weighted by Gasteiger charge is -2.34. The molecule has 1 atom stereocenters. The topological polar surface area (TPSA) is 53.8 Å². The second kappa shape index (κ2) is 6.39. The van der Waals surface area contributed by atoms with E-state index in [4.69, 9.17) is 4.42 Å². The van der Waals surface area contributed by atoms with Crippen molar-refractivity contribution in [3.8, 4) is 0 Å². The third-order valence-corrected chi connectivity index (χ3v) is 5.34. The predicted molar refractivity (Wildman–Crippen MR) is 94.4 cm³/mol. The summed E-state index contributed by atoms with van der Waals surface area (Å²) in [7, 11) is 0. The molecule has 3 heterocycles. The van der Waals surface area contributed by atoms with Gasteiger partial charge in [0.15, 0.2) is 0 Å². The minimum Gasteiger partial charge on any atom is -0.472 e. The molecule has 2 aliphatic rings. The van der Waals surface area contributed by atoms with Gasteiger partial charge in [0.25, 0.3) is 5.91 Å². The molecule has 1 aromatic heterocycles. The third kappa shape index (κ3) is 2.84. The van der Waals surface area contributed by atoms with Crippen molar-refractivity contribution in [2.24, 2.45) is 5.92 Å². The van der Waals surface area contributed by atoms with E-state index in [0.717, 1.165) is 12.1 Å². The Hall–Kier alpha value is -2.56. The number of benzene rings is 1. The Morgan fingerprint density at radius 1 is 1.12 bits per heavy atom. The van der Waals surface area contributed by atoms with Crippen molar-refractivity contribution in [2.75, 3.05) is 18.0 Å². The summed E-state index contributed by atoms with van der Waals surface area (Å²) in [5.41, 5.74) is 2.87. The number of hydrogen-bond donors (Lipinski definition) is 0. The van der Waals surface area contributed by atoms with Gasteiger partial charge >= 0.3 is 0 Å². The fourth-order valence-corrected chi connectivity index (χ4v) is 4.00. The molecule has 130 valence electrons. The van der Waals surface area contributed by atoms with Crippen molar-refractivity contribution < 1.29 is 14.0 Å². The van der Waals surface area contributed by atoms with Gasteiger partial charge in [0.05, 0.1) is 11.8 Å². The highest BCUT2D eigenvalue weighted by atomic mass is 16.3. The number of para-hydroxylation sites is 1. The van der Waals surface area contributed by atoms with Gasteiger partial charge in [-0.2, -0.15) is 0 Å². The zero-order chi connectivity index (χ0) is 17.4.